The summed E-state index contributed by atoms with van der Waals surface area (Å²) in [7, 11) is 0. The summed E-state index contributed by atoms with van der Waals surface area (Å²) in [5.41, 5.74) is 8.05. The van der Waals surface area contributed by atoms with E-state index < -0.39 is 0 Å². The van der Waals surface area contributed by atoms with Crippen LogP contribution < -0.4 is 11.1 Å². The van der Waals surface area contributed by atoms with Crippen molar-refractivity contribution in [2.45, 2.75) is 39.3 Å². The SMILES string of the molecule is CC(C)NCc1cc(C(=O)OCCCCCl)cc(Br)c1N. The Morgan fingerprint density at radius 1 is 1.43 bits per heavy atom. The number of hydrogen-bond donors (Lipinski definition) is 2. The number of anilines is 1. The highest BCUT2D eigenvalue weighted by molar-refractivity contribution is 9.10. The number of carbonyl (C=O) groups is 1. The highest BCUT2D eigenvalue weighted by Crippen LogP contribution is 2.26. The van der Waals surface area contributed by atoms with Gasteiger partial charge in [0.25, 0.3) is 0 Å². The molecule has 0 saturated heterocycles. The molecule has 1 rings (SSSR count). The number of carbonyl (C=O) groups excluding carboxylic acids is 1. The smallest absolute Gasteiger partial charge is 0.338 e. The van der Waals surface area contributed by atoms with E-state index in [0.717, 1.165) is 18.4 Å². The molecular weight excluding hydrogens is 356 g/mol. The molecule has 0 unspecified atom stereocenters. The lowest BCUT2D eigenvalue weighted by Crippen LogP contribution is -2.22. The Hall–Kier alpha value is -0.780. The zero-order valence-electron chi connectivity index (χ0n) is 12.4. The van der Waals surface area contributed by atoms with Gasteiger partial charge in [0, 0.05) is 22.9 Å². The molecule has 21 heavy (non-hydrogen) atoms. The molecule has 0 amide bonds. The van der Waals surface area contributed by atoms with Crippen LogP contribution in [0, 0.1) is 0 Å². The Kier molecular flexibility index (Phi) is 8.07. The van der Waals surface area contributed by atoms with Crippen molar-refractivity contribution in [1.82, 2.24) is 5.32 Å². The highest BCUT2D eigenvalue weighted by Gasteiger charge is 2.13. The monoisotopic (exact) mass is 376 g/mol. The molecule has 0 heterocycles. The number of hydrogen-bond acceptors (Lipinski definition) is 4. The summed E-state index contributed by atoms with van der Waals surface area (Å²) < 4.78 is 5.93. The maximum Gasteiger partial charge on any atom is 0.338 e. The van der Waals surface area contributed by atoms with Gasteiger partial charge < -0.3 is 15.8 Å². The van der Waals surface area contributed by atoms with E-state index in [-0.39, 0.29) is 5.97 Å². The van der Waals surface area contributed by atoms with E-state index in [1.54, 1.807) is 12.1 Å². The van der Waals surface area contributed by atoms with Gasteiger partial charge in [0.1, 0.15) is 0 Å². The number of ether oxygens (including phenoxy) is 1. The Morgan fingerprint density at radius 2 is 2.14 bits per heavy atom. The minimum absolute atomic E-state index is 0.337. The van der Waals surface area contributed by atoms with Gasteiger partial charge in [-0.05, 0) is 46.5 Å². The van der Waals surface area contributed by atoms with E-state index in [2.05, 4.69) is 35.1 Å². The topological polar surface area (TPSA) is 64.3 Å². The molecule has 118 valence electrons. The van der Waals surface area contributed by atoms with Crippen LogP contribution in [0.2, 0.25) is 0 Å². The van der Waals surface area contributed by atoms with Crippen LogP contribution in [0.5, 0.6) is 0 Å². The quantitative estimate of drug-likeness (QED) is 0.314. The van der Waals surface area contributed by atoms with Crippen molar-refractivity contribution in [3.63, 3.8) is 0 Å². The molecule has 0 aliphatic heterocycles. The lowest BCUT2D eigenvalue weighted by molar-refractivity contribution is 0.0499. The number of nitrogens with one attached hydrogen (secondary N) is 1. The highest BCUT2D eigenvalue weighted by atomic mass is 79.9. The number of esters is 1. The third kappa shape index (κ3) is 6.24. The fraction of sp³-hybridized carbons (Fsp3) is 0.533. The molecule has 0 spiro atoms. The van der Waals surface area contributed by atoms with Crippen LogP contribution in [-0.2, 0) is 11.3 Å². The molecule has 4 nitrogen and oxygen atoms in total. The van der Waals surface area contributed by atoms with Crippen molar-refractivity contribution >= 4 is 39.2 Å². The van der Waals surface area contributed by atoms with Gasteiger partial charge in [-0.3, -0.25) is 0 Å². The lowest BCUT2D eigenvalue weighted by Gasteiger charge is -2.13. The van der Waals surface area contributed by atoms with Gasteiger partial charge in [-0.2, -0.15) is 0 Å². The van der Waals surface area contributed by atoms with E-state index in [4.69, 9.17) is 22.1 Å². The van der Waals surface area contributed by atoms with Gasteiger partial charge in [-0.25, -0.2) is 4.79 Å². The third-order valence-corrected chi connectivity index (χ3v) is 3.84. The summed E-state index contributed by atoms with van der Waals surface area (Å²) in [6, 6.07) is 3.81. The fourth-order valence-electron chi connectivity index (χ4n) is 1.70. The first kappa shape index (κ1) is 18.3. The van der Waals surface area contributed by atoms with Crippen LogP contribution in [0.1, 0.15) is 42.6 Å². The summed E-state index contributed by atoms with van der Waals surface area (Å²) in [6.07, 6.45) is 1.61. The molecule has 0 fully saturated rings. The zero-order valence-corrected chi connectivity index (χ0v) is 14.8. The number of rotatable bonds is 8. The summed E-state index contributed by atoms with van der Waals surface area (Å²) in [4.78, 5) is 12.0. The van der Waals surface area contributed by atoms with Gasteiger partial charge in [-0.15, -0.1) is 11.6 Å². The molecule has 0 aliphatic rings. The first-order valence-electron chi connectivity index (χ1n) is 7.00. The number of alkyl halides is 1. The van der Waals surface area contributed by atoms with E-state index in [9.17, 15) is 4.79 Å². The minimum atomic E-state index is -0.337. The van der Waals surface area contributed by atoms with Gasteiger partial charge in [0.05, 0.1) is 17.9 Å². The minimum Gasteiger partial charge on any atom is -0.462 e. The number of nitrogens with two attached hydrogens (primary N) is 1. The molecule has 0 bridgehead atoms. The average molecular weight is 378 g/mol. The molecule has 0 aromatic heterocycles. The van der Waals surface area contributed by atoms with E-state index in [1.165, 1.54) is 0 Å². The van der Waals surface area contributed by atoms with Crippen molar-refractivity contribution in [2.24, 2.45) is 0 Å². The standard InChI is InChI=1S/C15H22BrClN2O2/c1-10(2)19-9-12-7-11(8-13(16)14(12)18)15(20)21-6-4-3-5-17/h7-8,10,19H,3-6,9,18H2,1-2H3. The molecule has 6 heteroatoms. The van der Waals surface area contributed by atoms with E-state index in [0.29, 0.717) is 40.8 Å². The van der Waals surface area contributed by atoms with Crippen LogP contribution in [0.15, 0.2) is 16.6 Å². The zero-order chi connectivity index (χ0) is 15.8. The van der Waals surface area contributed by atoms with Crippen LogP contribution in [0.25, 0.3) is 0 Å². The summed E-state index contributed by atoms with van der Waals surface area (Å²) in [5.74, 6) is 0.242. The van der Waals surface area contributed by atoms with Crippen molar-refractivity contribution in [3.05, 3.63) is 27.7 Å². The molecule has 0 radical (unpaired) electrons. The number of benzene rings is 1. The first-order valence-corrected chi connectivity index (χ1v) is 8.32. The Labute approximate surface area is 139 Å². The molecule has 1 aromatic rings. The maximum atomic E-state index is 12.0. The summed E-state index contributed by atoms with van der Waals surface area (Å²) >= 11 is 8.97. The lowest BCUT2D eigenvalue weighted by atomic mass is 10.1. The van der Waals surface area contributed by atoms with Gasteiger partial charge in [0.15, 0.2) is 0 Å². The number of nitrogen functional groups attached to an aromatic ring is 1. The van der Waals surface area contributed by atoms with Crippen molar-refractivity contribution in [2.75, 3.05) is 18.2 Å². The Balaban J connectivity index is 2.75. The molecule has 3 N–H and O–H groups in total. The van der Waals surface area contributed by atoms with Crippen LogP contribution in [0.4, 0.5) is 5.69 Å². The summed E-state index contributed by atoms with van der Waals surface area (Å²) in [5, 5.41) is 3.29. The number of halogens is 2. The number of unbranched alkanes of at least 4 members (excludes halogenated alkanes) is 1. The van der Waals surface area contributed by atoms with Crippen molar-refractivity contribution < 1.29 is 9.53 Å². The van der Waals surface area contributed by atoms with Crippen molar-refractivity contribution in [1.29, 1.82) is 0 Å². The second-order valence-corrected chi connectivity index (χ2v) is 6.33. The molecule has 0 aliphatic carbocycles. The van der Waals surface area contributed by atoms with Crippen LogP contribution >= 0.6 is 27.5 Å². The van der Waals surface area contributed by atoms with E-state index >= 15 is 0 Å². The summed E-state index contributed by atoms with van der Waals surface area (Å²) in [6.45, 7) is 5.10. The largest absolute Gasteiger partial charge is 0.462 e. The fourth-order valence-corrected chi connectivity index (χ4v) is 2.39. The third-order valence-electron chi connectivity index (χ3n) is 2.91. The Bertz CT molecular complexity index is 481. The second kappa shape index (κ2) is 9.28. The van der Waals surface area contributed by atoms with Crippen molar-refractivity contribution in [3.8, 4) is 0 Å². The first-order chi connectivity index (χ1) is 9.95. The predicted octanol–water partition coefficient (Wildman–Crippen LogP) is 3.71. The predicted molar refractivity (Wildman–Crippen MR) is 90.8 cm³/mol. The normalized spacial score (nSPS) is 10.9. The van der Waals surface area contributed by atoms with Crippen LogP contribution in [0.3, 0.4) is 0 Å². The van der Waals surface area contributed by atoms with Gasteiger partial charge >= 0.3 is 5.97 Å². The van der Waals surface area contributed by atoms with Gasteiger partial charge in [0.2, 0.25) is 0 Å². The second-order valence-electron chi connectivity index (χ2n) is 5.10. The molecule has 0 atom stereocenters. The maximum absolute atomic E-state index is 12.0. The average Bonchev–Trinajstić information content (AvgIpc) is 2.44. The molecule has 0 saturated carbocycles. The molecular formula is C15H22BrClN2O2. The molecule has 1 aromatic carbocycles. The Morgan fingerprint density at radius 3 is 2.76 bits per heavy atom. The van der Waals surface area contributed by atoms with E-state index in [1.807, 2.05) is 0 Å². The van der Waals surface area contributed by atoms with Gasteiger partial charge in [-0.1, -0.05) is 13.8 Å². The van der Waals surface area contributed by atoms with Crippen LogP contribution in [-0.4, -0.2) is 24.5 Å².